The van der Waals surface area contributed by atoms with Gasteiger partial charge in [0.1, 0.15) is 5.82 Å². The minimum absolute atomic E-state index is 0.418. The van der Waals surface area contributed by atoms with E-state index in [9.17, 15) is 5.11 Å². The molecule has 1 unspecified atom stereocenters. The maximum Gasteiger partial charge on any atom is 0.125 e. The van der Waals surface area contributed by atoms with E-state index in [1.54, 1.807) is 18.3 Å². The number of nitrogen functional groups attached to an aromatic ring is 1. The second-order valence-corrected chi connectivity index (χ2v) is 3.78. The molecule has 4 N–H and O–H groups in total. The molecule has 0 aliphatic heterocycles. The summed E-state index contributed by atoms with van der Waals surface area (Å²) < 4.78 is 0. The third kappa shape index (κ3) is 3.19. The number of pyridine rings is 1. The quantitative estimate of drug-likeness (QED) is 0.699. The van der Waals surface area contributed by atoms with Gasteiger partial charge in [-0.15, -0.1) is 0 Å². The monoisotopic (exact) mass is 229 g/mol. The summed E-state index contributed by atoms with van der Waals surface area (Å²) in [6, 6.07) is 12.8. The lowest BCUT2D eigenvalue weighted by Crippen LogP contribution is -2.12. The van der Waals surface area contributed by atoms with E-state index in [1.165, 1.54) is 0 Å². The summed E-state index contributed by atoms with van der Waals surface area (Å²) in [7, 11) is 0. The number of aromatic nitrogens is 1. The molecule has 0 radical (unpaired) electrons. The lowest BCUT2D eigenvalue weighted by Gasteiger charge is -2.12. The fourth-order valence-electron chi connectivity index (χ4n) is 1.50. The van der Waals surface area contributed by atoms with Gasteiger partial charge < -0.3 is 16.2 Å². The van der Waals surface area contributed by atoms with Gasteiger partial charge in [-0.1, -0.05) is 18.2 Å². The summed E-state index contributed by atoms with van der Waals surface area (Å²) in [5.41, 5.74) is 7.11. The van der Waals surface area contributed by atoms with Gasteiger partial charge in [0, 0.05) is 18.4 Å². The molecule has 1 aromatic carbocycles. The van der Waals surface area contributed by atoms with Crippen molar-refractivity contribution >= 4 is 11.5 Å². The Bertz CT molecular complexity index is 456. The fourth-order valence-corrected chi connectivity index (χ4v) is 1.50. The first-order valence-electron chi connectivity index (χ1n) is 5.44. The second kappa shape index (κ2) is 5.32. The first kappa shape index (κ1) is 11.4. The number of benzene rings is 1. The van der Waals surface area contributed by atoms with Crippen LogP contribution in [0.4, 0.5) is 11.5 Å². The Kier molecular flexibility index (Phi) is 3.57. The molecular formula is C13H15N3O. The van der Waals surface area contributed by atoms with Gasteiger partial charge in [-0.05, 0) is 29.8 Å². The zero-order chi connectivity index (χ0) is 12.1. The standard InChI is InChI=1S/C13H15N3O/c14-11-6-4-10(5-7-11)12(17)9-16-13-3-1-2-8-15-13/h1-8,12,17H,9,14H2,(H,15,16). The Labute approximate surface area is 100 Å². The van der Waals surface area contributed by atoms with E-state index < -0.39 is 6.10 Å². The summed E-state index contributed by atoms with van der Waals surface area (Å²) in [5.74, 6) is 0.752. The van der Waals surface area contributed by atoms with Gasteiger partial charge in [-0.3, -0.25) is 0 Å². The van der Waals surface area contributed by atoms with Crippen LogP contribution in [0.15, 0.2) is 48.7 Å². The summed E-state index contributed by atoms with van der Waals surface area (Å²) in [6.07, 6.45) is 1.13. The number of aliphatic hydroxyl groups excluding tert-OH is 1. The molecule has 0 spiro atoms. The average Bonchev–Trinajstić information content (AvgIpc) is 2.38. The van der Waals surface area contributed by atoms with Crippen LogP contribution in [0.25, 0.3) is 0 Å². The first-order valence-corrected chi connectivity index (χ1v) is 5.44. The molecule has 88 valence electrons. The molecule has 0 saturated carbocycles. The highest BCUT2D eigenvalue weighted by molar-refractivity contribution is 5.40. The van der Waals surface area contributed by atoms with Crippen molar-refractivity contribution in [2.45, 2.75) is 6.10 Å². The number of nitrogens with one attached hydrogen (secondary N) is 1. The highest BCUT2D eigenvalue weighted by Crippen LogP contribution is 2.15. The van der Waals surface area contributed by atoms with Crippen LogP contribution in [0, 0.1) is 0 Å². The Morgan fingerprint density at radius 3 is 2.59 bits per heavy atom. The highest BCUT2D eigenvalue weighted by atomic mass is 16.3. The third-order valence-electron chi connectivity index (χ3n) is 2.46. The molecule has 0 amide bonds. The van der Waals surface area contributed by atoms with E-state index >= 15 is 0 Å². The van der Waals surface area contributed by atoms with Crippen molar-refractivity contribution in [2.24, 2.45) is 0 Å². The largest absolute Gasteiger partial charge is 0.399 e. The number of anilines is 2. The predicted octanol–water partition coefficient (Wildman–Crippen LogP) is 1.81. The predicted molar refractivity (Wildman–Crippen MR) is 68.5 cm³/mol. The summed E-state index contributed by atoms with van der Waals surface area (Å²) >= 11 is 0. The van der Waals surface area contributed by atoms with E-state index in [0.29, 0.717) is 12.2 Å². The zero-order valence-electron chi connectivity index (χ0n) is 9.38. The van der Waals surface area contributed by atoms with E-state index in [-0.39, 0.29) is 0 Å². The Hall–Kier alpha value is -2.07. The van der Waals surface area contributed by atoms with Gasteiger partial charge in [0.25, 0.3) is 0 Å². The maximum atomic E-state index is 9.94. The summed E-state index contributed by atoms with van der Waals surface area (Å²) in [6.45, 7) is 0.418. The molecule has 0 aliphatic carbocycles. The van der Waals surface area contributed by atoms with E-state index in [1.807, 2.05) is 30.3 Å². The topological polar surface area (TPSA) is 71.2 Å². The highest BCUT2D eigenvalue weighted by Gasteiger charge is 2.06. The van der Waals surface area contributed by atoms with Crippen molar-refractivity contribution in [2.75, 3.05) is 17.6 Å². The Morgan fingerprint density at radius 1 is 1.18 bits per heavy atom. The summed E-state index contributed by atoms with van der Waals surface area (Å²) in [5, 5.41) is 13.0. The van der Waals surface area contributed by atoms with Crippen LogP contribution >= 0.6 is 0 Å². The number of aliphatic hydroxyl groups is 1. The zero-order valence-corrected chi connectivity index (χ0v) is 9.38. The van der Waals surface area contributed by atoms with E-state index in [0.717, 1.165) is 11.4 Å². The smallest absolute Gasteiger partial charge is 0.125 e. The number of nitrogens with zero attached hydrogens (tertiary/aromatic N) is 1. The van der Waals surface area contributed by atoms with Gasteiger partial charge in [0.15, 0.2) is 0 Å². The minimum Gasteiger partial charge on any atom is -0.399 e. The SMILES string of the molecule is Nc1ccc(C(O)CNc2ccccn2)cc1. The number of nitrogens with two attached hydrogens (primary N) is 1. The Balaban J connectivity index is 1.93. The third-order valence-corrected chi connectivity index (χ3v) is 2.46. The second-order valence-electron chi connectivity index (χ2n) is 3.78. The molecule has 2 aromatic rings. The van der Waals surface area contributed by atoms with Gasteiger partial charge in [-0.25, -0.2) is 4.98 Å². The lowest BCUT2D eigenvalue weighted by molar-refractivity contribution is 0.191. The molecule has 4 nitrogen and oxygen atoms in total. The molecule has 1 atom stereocenters. The molecule has 1 heterocycles. The summed E-state index contributed by atoms with van der Waals surface area (Å²) in [4.78, 5) is 4.12. The maximum absolute atomic E-state index is 9.94. The lowest BCUT2D eigenvalue weighted by atomic mass is 10.1. The molecule has 0 bridgehead atoms. The number of hydrogen-bond donors (Lipinski definition) is 3. The molecule has 0 saturated heterocycles. The van der Waals surface area contributed by atoms with E-state index in [4.69, 9.17) is 5.73 Å². The Morgan fingerprint density at radius 2 is 1.94 bits per heavy atom. The number of hydrogen-bond acceptors (Lipinski definition) is 4. The molecular weight excluding hydrogens is 214 g/mol. The molecule has 0 aliphatic rings. The minimum atomic E-state index is -0.572. The normalized spacial score (nSPS) is 12.1. The van der Waals surface area contributed by atoms with Gasteiger partial charge >= 0.3 is 0 Å². The van der Waals surface area contributed by atoms with Crippen LogP contribution in [0.5, 0.6) is 0 Å². The van der Waals surface area contributed by atoms with Crippen molar-refractivity contribution in [3.05, 3.63) is 54.2 Å². The van der Waals surface area contributed by atoms with E-state index in [2.05, 4.69) is 10.3 Å². The average molecular weight is 229 g/mol. The van der Waals surface area contributed by atoms with Crippen LogP contribution < -0.4 is 11.1 Å². The van der Waals surface area contributed by atoms with Gasteiger partial charge in [-0.2, -0.15) is 0 Å². The van der Waals surface area contributed by atoms with Gasteiger partial charge in [0.2, 0.25) is 0 Å². The van der Waals surface area contributed by atoms with Crippen LogP contribution in [0.1, 0.15) is 11.7 Å². The van der Waals surface area contributed by atoms with Crippen molar-refractivity contribution in [1.82, 2.24) is 4.98 Å². The molecule has 2 rings (SSSR count). The van der Waals surface area contributed by atoms with Crippen molar-refractivity contribution < 1.29 is 5.11 Å². The fraction of sp³-hybridized carbons (Fsp3) is 0.154. The number of rotatable bonds is 4. The van der Waals surface area contributed by atoms with Crippen LogP contribution in [-0.2, 0) is 0 Å². The van der Waals surface area contributed by atoms with Crippen LogP contribution in [-0.4, -0.2) is 16.6 Å². The molecule has 1 aromatic heterocycles. The van der Waals surface area contributed by atoms with Crippen molar-refractivity contribution in [3.63, 3.8) is 0 Å². The first-order chi connectivity index (χ1) is 8.25. The molecule has 4 heteroatoms. The molecule has 0 fully saturated rings. The van der Waals surface area contributed by atoms with Gasteiger partial charge in [0.05, 0.1) is 6.10 Å². The van der Waals surface area contributed by atoms with Crippen molar-refractivity contribution in [1.29, 1.82) is 0 Å². The van der Waals surface area contributed by atoms with Crippen LogP contribution in [0.2, 0.25) is 0 Å². The molecule has 17 heavy (non-hydrogen) atoms. The van der Waals surface area contributed by atoms with Crippen LogP contribution in [0.3, 0.4) is 0 Å². The van der Waals surface area contributed by atoms with Crippen molar-refractivity contribution in [3.8, 4) is 0 Å².